The average molecular weight is 444 g/mol. The van der Waals surface area contributed by atoms with E-state index in [2.05, 4.69) is 107 Å². The number of benzene rings is 4. The third-order valence-corrected chi connectivity index (χ3v) is 6.26. The summed E-state index contributed by atoms with van der Waals surface area (Å²) in [7, 11) is 1.96. The summed E-state index contributed by atoms with van der Waals surface area (Å²) < 4.78 is 0. The lowest BCUT2D eigenvalue weighted by atomic mass is 9.88. The lowest BCUT2D eigenvalue weighted by Gasteiger charge is -2.26. The Morgan fingerprint density at radius 3 is 2.00 bits per heavy atom. The van der Waals surface area contributed by atoms with E-state index in [-0.39, 0.29) is 0 Å². The SMILES string of the molecule is CN(/N=C/c1ccc(N(/C=C2\CCCc3ccccc32)c2ccccc2)cc1)c1ccccc1. The molecule has 0 aromatic heterocycles. The Hall–Kier alpha value is -4.11. The molecule has 0 N–H and O–H groups in total. The van der Waals surface area contributed by atoms with Crippen LogP contribution in [0, 0.1) is 0 Å². The van der Waals surface area contributed by atoms with Crippen LogP contribution < -0.4 is 9.91 Å². The molecule has 5 rings (SSSR count). The smallest absolute Gasteiger partial charge is 0.0590 e. The van der Waals surface area contributed by atoms with Crippen LogP contribution in [0.1, 0.15) is 29.5 Å². The highest BCUT2D eigenvalue weighted by Crippen LogP contribution is 2.34. The molecule has 1 aliphatic carbocycles. The molecule has 0 heterocycles. The van der Waals surface area contributed by atoms with Crippen molar-refractivity contribution in [1.29, 1.82) is 0 Å². The van der Waals surface area contributed by atoms with E-state index >= 15 is 0 Å². The molecule has 3 heteroatoms. The van der Waals surface area contributed by atoms with Crippen LogP contribution in [0.15, 0.2) is 120 Å². The molecule has 0 radical (unpaired) electrons. The third-order valence-electron chi connectivity index (χ3n) is 6.26. The molecule has 0 bridgehead atoms. The Kier molecular flexibility index (Phi) is 6.53. The first-order valence-corrected chi connectivity index (χ1v) is 11.8. The van der Waals surface area contributed by atoms with E-state index in [1.54, 1.807) is 0 Å². The van der Waals surface area contributed by atoms with E-state index in [4.69, 9.17) is 0 Å². The number of aryl methyl sites for hydroxylation is 1. The zero-order valence-corrected chi connectivity index (χ0v) is 19.5. The number of rotatable bonds is 6. The third kappa shape index (κ3) is 4.94. The molecule has 0 spiro atoms. The van der Waals surface area contributed by atoms with Gasteiger partial charge in [0.1, 0.15) is 0 Å². The van der Waals surface area contributed by atoms with Crippen molar-refractivity contribution in [2.75, 3.05) is 17.0 Å². The van der Waals surface area contributed by atoms with Gasteiger partial charge in [0.05, 0.1) is 11.9 Å². The van der Waals surface area contributed by atoms with Gasteiger partial charge in [0.2, 0.25) is 0 Å². The van der Waals surface area contributed by atoms with E-state index in [1.807, 2.05) is 36.5 Å². The van der Waals surface area contributed by atoms with Crippen LogP contribution in [0.3, 0.4) is 0 Å². The Balaban J connectivity index is 1.44. The minimum Gasteiger partial charge on any atom is -0.317 e. The summed E-state index contributed by atoms with van der Waals surface area (Å²) in [6, 6.07) is 38.1. The van der Waals surface area contributed by atoms with E-state index in [0.717, 1.165) is 35.5 Å². The van der Waals surface area contributed by atoms with E-state index in [0.29, 0.717) is 0 Å². The highest BCUT2D eigenvalue weighted by Gasteiger charge is 2.16. The fraction of sp³-hybridized carbons (Fsp3) is 0.129. The molecule has 0 saturated carbocycles. The molecular formula is C31H29N3. The van der Waals surface area contributed by atoms with Crippen molar-refractivity contribution in [3.8, 4) is 0 Å². The summed E-state index contributed by atoms with van der Waals surface area (Å²) in [6.07, 6.45) is 7.66. The molecule has 0 fully saturated rings. The van der Waals surface area contributed by atoms with Crippen LogP contribution in [0.5, 0.6) is 0 Å². The van der Waals surface area contributed by atoms with Crippen molar-refractivity contribution < 1.29 is 0 Å². The molecule has 0 aliphatic heterocycles. The van der Waals surface area contributed by atoms with Crippen LogP contribution >= 0.6 is 0 Å². The van der Waals surface area contributed by atoms with Crippen LogP contribution in [0.2, 0.25) is 0 Å². The number of fused-ring (bicyclic) bond motifs is 1. The van der Waals surface area contributed by atoms with Gasteiger partial charge >= 0.3 is 0 Å². The number of hydrogen-bond acceptors (Lipinski definition) is 3. The van der Waals surface area contributed by atoms with Crippen molar-refractivity contribution in [3.05, 3.63) is 132 Å². The second kappa shape index (κ2) is 10.2. The molecule has 34 heavy (non-hydrogen) atoms. The molecule has 0 saturated heterocycles. The number of nitrogens with zero attached hydrogens (tertiary/aromatic N) is 3. The first kappa shape index (κ1) is 21.7. The fourth-order valence-corrected chi connectivity index (χ4v) is 4.42. The van der Waals surface area contributed by atoms with Crippen LogP contribution in [0.4, 0.5) is 17.1 Å². The van der Waals surface area contributed by atoms with Crippen LogP contribution in [0.25, 0.3) is 5.57 Å². The van der Waals surface area contributed by atoms with E-state index in [9.17, 15) is 0 Å². The van der Waals surface area contributed by atoms with Gasteiger partial charge in [-0.3, -0.25) is 5.01 Å². The number of para-hydroxylation sites is 2. The van der Waals surface area contributed by atoms with E-state index < -0.39 is 0 Å². The predicted molar refractivity (Wildman–Crippen MR) is 145 cm³/mol. The summed E-state index contributed by atoms with van der Waals surface area (Å²) in [5.74, 6) is 0. The molecule has 1 aliphatic rings. The summed E-state index contributed by atoms with van der Waals surface area (Å²) in [6.45, 7) is 0. The molecule has 0 atom stereocenters. The number of hydrazone groups is 1. The zero-order valence-electron chi connectivity index (χ0n) is 19.5. The number of anilines is 3. The highest BCUT2D eigenvalue weighted by molar-refractivity contribution is 5.82. The molecule has 0 unspecified atom stereocenters. The Morgan fingerprint density at radius 2 is 1.26 bits per heavy atom. The minimum atomic E-state index is 1.06. The van der Waals surface area contributed by atoms with Gasteiger partial charge < -0.3 is 4.90 Å². The van der Waals surface area contributed by atoms with Gasteiger partial charge in [0, 0.05) is 24.6 Å². The van der Waals surface area contributed by atoms with Gasteiger partial charge in [-0.15, -0.1) is 0 Å². The zero-order chi connectivity index (χ0) is 23.2. The topological polar surface area (TPSA) is 18.8 Å². The van der Waals surface area contributed by atoms with Crippen molar-refractivity contribution in [2.45, 2.75) is 19.3 Å². The Morgan fingerprint density at radius 1 is 0.647 bits per heavy atom. The molecular weight excluding hydrogens is 414 g/mol. The quantitative estimate of drug-likeness (QED) is 0.225. The predicted octanol–water partition coefficient (Wildman–Crippen LogP) is 7.67. The van der Waals surface area contributed by atoms with Gasteiger partial charge in [0.15, 0.2) is 0 Å². The van der Waals surface area contributed by atoms with Gasteiger partial charge in [-0.2, -0.15) is 5.10 Å². The normalized spacial score (nSPS) is 14.2. The highest BCUT2D eigenvalue weighted by atomic mass is 15.4. The van der Waals surface area contributed by atoms with Crippen LogP contribution in [-0.4, -0.2) is 13.3 Å². The van der Waals surface area contributed by atoms with Gasteiger partial charge in [-0.1, -0.05) is 72.8 Å². The van der Waals surface area contributed by atoms with Crippen molar-refractivity contribution in [3.63, 3.8) is 0 Å². The maximum atomic E-state index is 4.60. The van der Waals surface area contributed by atoms with Crippen molar-refractivity contribution in [2.24, 2.45) is 5.10 Å². The van der Waals surface area contributed by atoms with Crippen molar-refractivity contribution in [1.82, 2.24) is 0 Å². The maximum Gasteiger partial charge on any atom is 0.0590 e. The first-order valence-electron chi connectivity index (χ1n) is 11.8. The maximum absolute atomic E-state index is 4.60. The second-order valence-corrected chi connectivity index (χ2v) is 8.57. The van der Waals surface area contributed by atoms with Gasteiger partial charge in [-0.25, -0.2) is 0 Å². The van der Waals surface area contributed by atoms with Gasteiger partial charge in [0.25, 0.3) is 0 Å². The minimum absolute atomic E-state index is 1.06. The molecule has 4 aromatic carbocycles. The van der Waals surface area contributed by atoms with Gasteiger partial charge in [-0.05, 0) is 77.9 Å². The summed E-state index contributed by atoms with van der Waals surface area (Å²) >= 11 is 0. The average Bonchev–Trinajstić information content (AvgIpc) is 2.92. The number of hydrogen-bond donors (Lipinski definition) is 0. The second-order valence-electron chi connectivity index (χ2n) is 8.57. The monoisotopic (exact) mass is 443 g/mol. The lowest BCUT2D eigenvalue weighted by molar-refractivity contribution is 0.820. The number of allylic oxidation sites excluding steroid dienone is 1. The molecule has 4 aromatic rings. The summed E-state index contributed by atoms with van der Waals surface area (Å²) in [4.78, 5) is 2.30. The first-order chi connectivity index (χ1) is 16.8. The van der Waals surface area contributed by atoms with E-state index in [1.165, 1.54) is 23.1 Å². The fourth-order valence-electron chi connectivity index (χ4n) is 4.42. The standard InChI is InChI=1S/C31H29N3/c1-33(28-14-4-2-5-15-28)32-23-25-19-21-30(22-20-25)34(29-16-6-3-7-17-29)24-27-13-10-12-26-11-8-9-18-31(26)27/h2-9,11,14-24H,10,12-13H2,1H3/b27-24+,32-23+. The molecule has 0 amide bonds. The summed E-state index contributed by atoms with van der Waals surface area (Å²) in [5, 5.41) is 6.48. The van der Waals surface area contributed by atoms with Crippen molar-refractivity contribution >= 4 is 28.8 Å². The lowest BCUT2D eigenvalue weighted by Crippen LogP contribution is -2.12. The largest absolute Gasteiger partial charge is 0.317 e. The van der Waals surface area contributed by atoms with Crippen LogP contribution in [-0.2, 0) is 6.42 Å². The Labute approximate surface area is 202 Å². The molecule has 168 valence electrons. The Bertz CT molecular complexity index is 1280. The summed E-state index contributed by atoms with van der Waals surface area (Å²) in [5.41, 5.74) is 8.63. The molecule has 3 nitrogen and oxygen atoms in total.